The van der Waals surface area contributed by atoms with E-state index in [2.05, 4.69) is 0 Å². The van der Waals surface area contributed by atoms with Gasteiger partial charge in [-0.3, -0.25) is 9.59 Å². The van der Waals surface area contributed by atoms with E-state index in [1.54, 1.807) is 0 Å². The van der Waals surface area contributed by atoms with Gasteiger partial charge in [0.15, 0.2) is 0 Å². The SMILES string of the molecule is CCCCOC(=O)C[C@@H](N)C(=O)N(C)Cc1cccc(C(F)(F)F)c1. The molecule has 1 aromatic rings. The number of carbonyl (C=O) groups is 2. The Labute approximate surface area is 144 Å². The van der Waals surface area contributed by atoms with Crippen LogP contribution in [0.4, 0.5) is 13.2 Å². The highest BCUT2D eigenvalue weighted by Crippen LogP contribution is 2.29. The van der Waals surface area contributed by atoms with Crippen molar-refractivity contribution >= 4 is 11.9 Å². The van der Waals surface area contributed by atoms with E-state index in [0.29, 0.717) is 5.56 Å². The predicted molar refractivity (Wildman–Crippen MR) is 86.4 cm³/mol. The summed E-state index contributed by atoms with van der Waals surface area (Å²) in [5, 5.41) is 0. The van der Waals surface area contributed by atoms with E-state index in [1.165, 1.54) is 24.1 Å². The van der Waals surface area contributed by atoms with Crippen LogP contribution in [0.25, 0.3) is 0 Å². The van der Waals surface area contributed by atoms with Crippen molar-refractivity contribution in [2.24, 2.45) is 5.73 Å². The minimum absolute atomic E-state index is 0.0403. The lowest BCUT2D eigenvalue weighted by molar-refractivity contribution is -0.147. The monoisotopic (exact) mass is 360 g/mol. The number of unbranched alkanes of at least 4 members (excludes halogenated alkanes) is 1. The molecule has 0 unspecified atom stereocenters. The van der Waals surface area contributed by atoms with Gasteiger partial charge in [-0.25, -0.2) is 0 Å². The Balaban J connectivity index is 2.60. The lowest BCUT2D eigenvalue weighted by Crippen LogP contribution is -2.42. The van der Waals surface area contributed by atoms with Crippen LogP contribution in [-0.4, -0.2) is 36.5 Å². The number of ether oxygens (including phenoxy) is 1. The van der Waals surface area contributed by atoms with E-state index in [1.807, 2.05) is 6.92 Å². The minimum Gasteiger partial charge on any atom is -0.466 e. The maximum Gasteiger partial charge on any atom is 0.416 e. The highest BCUT2D eigenvalue weighted by molar-refractivity contribution is 5.86. The molecule has 0 spiro atoms. The van der Waals surface area contributed by atoms with Crippen molar-refractivity contribution in [1.82, 2.24) is 4.90 Å². The largest absolute Gasteiger partial charge is 0.466 e. The van der Waals surface area contributed by atoms with Crippen molar-refractivity contribution in [2.45, 2.75) is 44.9 Å². The summed E-state index contributed by atoms with van der Waals surface area (Å²) in [5.74, 6) is -1.10. The first-order valence-electron chi connectivity index (χ1n) is 7.97. The van der Waals surface area contributed by atoms with E-state index < -0.39 is 29.7 Å². The van der Waals surface area contributed by atoms with Crippen molar-refractivity contribution in [3.8, 4) is 0 Å². The molecule has 0 fully saturated rings. The van der Waals surface area contributed by atoms with Crippen molar-refractivity contribution in [3.63, 3.8) is 0 Å². The number of halogens is 3. The van der Waals surface area contributed by atoms with Gasteiger partial charge in [-0.1, -0.05) is 25.5 Å². The zero-order chi connectivity index (χ0) is 19.0. The smallest absolute Gasteiger partial charge is 0.416 e. The fourth-order valence-electron chi connectivity index (χ4n) is 2.14. The van der Waals surface area contributed by atoms with Gasteiger partial charge < -0.3 is 15.4 Å². The Bertz CT molecular complexity index is 591. The summed E-state index contributed by atoms with van der Waals surface area (Å²) in [6.45, 7) is 2.18. The van der Waals surface area contributed by atoms with Crippen LogP contribution in [0, 0.1) is 0 Å². The number of esters is 1. The number of hydrogen-bond donors (Lipinski definition) is 1. The quantitative estimate of drug-likeness (QED) is 0.571. The Morgan fingerprint density at radius 2 is 2.00 bits per heavy atom. The molecule has 0 aliphatic rings. The first-order chi connectivity index (χ1) is 11.6. The van der Waals surface area contributed by atoms with Gasteiger partial charge in [0, 0.05) is 13.6 Å². The number of nitrogens with two attached hydrogens (primary N) is 1. The van der Waals surface area contributed by atoms with Gasteiger partial charge in [0.25, 0.3) is 0 Å². The maximum absolute atomic E-state index is 12.7. The van der Waals surface area contributed by atoms with Crippen LogP contribution in [0.3, 0.4) is 0 Å². The summed E-state index contributed by atoms with van der Waals surface area (Å²) in [6, 6.07) is 3.62. The number of likely N-dealkylation sites (N-methyl/N-ethyl adjacent to an activating group) is 1. The molecule has 2 N–H and O–H groups in total. The van der Waals surface area contributed by atoms with E-state index >= 15 is 0 Å². The van der Waals surface area contributed by atoms with Crippen molar-refractivity contribution in [3.05, 3.63) is 35.4 Å². The molecule has 140 valence electrons. The molecule has 0 saturated heterocycles. The number of benzene rings is 1. The normalized spacial score (nSPS) is 12.6. The third-order valence-corrected chi connectivity index (χ3v) is 3.51. The number of nitrogens with zero attached hydrogens (tertiary/aromatic N) is 1. The van der Waals surface area contributed by atoms with Crippen LogP contribution >= 0.6 is 0 Å². The fourth-order valence-corrected chi connectivity index (χ4v) is 2.14. The molecule has 0 heterocycles. The second-order valence-corrected chi connectivity index (χ2v) is 5.78. The Morgan fingerprint density at radius 1 is 1.32 bits per heavy atom. The van der Waals surface area contributed by atoms with Crippen LogP contribution < -0.4 is 5.73 Å². The third-order valence-electron chi connectivity index (χ3n) is 3.51. The summed E-state index contributed by atoms with van der Waals surface area (Å²) >= 11 is 0. The lowest BCUT2D eigenvalue weighted by atomic mass is 10.1. The Kier molecular flexibility index (Phi) is 7.89. The Morgan fingerprint density at radius 3 is 2.60 bits per heavy atom. The molecule has 1 rings (SSSR count). The van der Waals surface area contributed by atoms with Gasteiger partial charge in [-0.15, -0.1) is 0 Å². The lowest BCUT2D eigenvalue weighted by Gasteiger charge is -2.21. The molecular weight excluding hydrogens is 337 g/mol. The number of hydrogen-bond acceptors (Lipinski definition) is 4. The molecule has 0 saturated carbocycles. The third kappa shape index (κ3) is 7.13. The fraction of sp³-hybridized carbons (Fsp3) is 0.529. The number of alkyl halides is 3. The van der Waals surface area contributed by atoms with Gasteiger partial charge in [0.05, 0.1) is 24.6 Å². The van der Waals surface area contributed by atoms with Crippen molar-refractivity contribution in [2.75, 3.05) is 13.7 Å². The summed E-state index contributed by atoms with van der Waals surface area (Å²) in [5.41, 5.74) is 5.24. The number of carbonyl (C=O) groups excluding carboxylic acids is 2. The highest BCUT2D eigenvalue weighted by atomic mass is 19.4. The molecule has 0 bridgehead atoms. The first kappa shape index (κ1) is 21.0. The molecular formula is C17H23F3N2O3. The average molecular weight is 360 g/mol. The first-order valence-corrected chi connectivity index (χ1v) is 7.97. The molecule has 0 radical (unpaired) electrons. The van der Waals surface area contributed by atoms with E-state index in [-0.39, 0.29) is 19.6 Å². The van der Waals surface area contributed by atoms with Crippen molar-refractivity contribution < 1.29 is 27.5 Å². The van der Waals surface area contributed by atoms with Crippen LogP contribution in [0.15, 0.2) is 24.3 Å². The average Bonchev–Trinajstić information content (AvgIpc) is 2.53. The van der Waals surface area contributed by atoms with Gasteiger partial charge in [-0.2, -0.15) is 13.2 Å². The predicted octanol–water partition coefficient (Wildman–Crippen LogP) is 2.72. The van der Waals surface area contributed by atoms with E-state index in [9.17, 15) is 22.8 Å². The number of rotatable bonds is 8. The molecule has 8 heteroatoms. The van der Waals surface area contributed by atoms with Crippen LogP contribution in [-0.2, 0) is 27.0 Å². The second kappa shape index (κ2) is 9.41. The maximum atomic E-state index is 12.7. The molecule has 25 heavy (non-hydrogen) atoms. The minimum atomic E-state index is -4.45. The Hall–Kier alpha value is -2.09. The van der Waals surface area contributed by atoms with Gasteiger partial charge in [0.1, 0.15) is 0 Å². The second-order valence-electron chi connectivity index (χ2n) is 5.78. The van der Waals surface area contributed by atoms with Gasteiger partial charge in [-0.05, 0) is 24.1 Å². The summed E-state index contributed by atoms with van der Waals surface area (Å²) in [7, 11) is 1.42. The van der Waals surface area contributed by atoms with Crippen molar-refractivity contribution in [1.29, 1.82) is 0 Å². The van der Waals surface area contributed by atoms with E-state index in [4.69, 9.17) is 10.5 Å². The van der Waals surface area contributed by atoms with Crippen LogP contribution in [0.2, 0.25) is 0 Å². The van der Waals surface area contributed by atoms with E-state index in [0.717, 1.165) is 25.0 Å². The number of amides is 1. The molecule has 0 aliphatic carbocycles. The molecule has 5 nitrogen and oxygen atoms in total. The van der Waals surface area contributed by atoms with Gasteiger partial charge in [0.2, 0.25) is 5.91 Å². The van der Waals surface area contributed by atoms with Gasteiger partial charge >= 0.3 is 12.1 Å². The topological polar surface area (TPSA) is 72.6 Å². The molecule has 1 aromatic carbocycles. The molecule has 1 atom stereocenters. The van der Waals surface area contributed by atoms with Crippen LogP contribution in [0.5, 0.6) is 0 Å². The summed E-state index contributed by atoms with van der Waals surface area (Å²) < 4.78 is 43.1. The van der Waals surface area contributed by atoms with Crippen LogP contribution in [0.1, 0.15) is 37.3 Å². The molecule has 1 amide bonds. The zero-order valence-corrected chi connectivity index (χ0v) is 14.3. The zero-order valence-electron chi connectivity index (χ0n) is 14.3. The molecule has 0 aromatic heterocycles. The highest BCUT2D eigenvalue weighted by Gasteiger charge is 2.30. The summed E-state index contributed by atoms with van der Waals surface area (Å²) in [6.07, 6.45) is -3.12. The molecule has 0 aliphatic heterocycles. The standard InChI is InChI=1S/C17H23F3N2O3/c1-3-4-8-25-15(23)10-14(21)16(24)22(2)11-12-6-5-7-13(9-12)17(18,19)20/h5-7,9,14H,3-4,8,10-11,21H2,1-2H3/t14-/m1/s1. The summed E-state index contributed by atoms with van der Waals surface area (Å²) in [4.78, 5) is 24.9.